The molecule has 0 heterocycles. The number of benzene rings is 1. The van der Waals surface area contributed by atoms with E-state index in [0.29, 0.717) is 0 Å². The summed E-state index contributed by atoms with van der Waals surface area (Å²) in [5, 5.41) is 0.859. The Hall–Kier alpha value is -0.620. The van der Waals surface area contributed by atoms with Crippen molar-refractivity contribution >= 4 is 11.6 Å². The van der Waals surface area contributed by atoms with Gasteiger partial charge >= 0.3 is 0 Å². The average molecular weight is 246 g/mol. The van der Waals surface area contributed by atoms with Gasteiger partial charge in [-0.25, -0.2) is 0 Å². The van der Waals surface area contributed by atoms with Gasteiger partial charge in [-0.3, -0.25) is 0 Å². The SMILES string of the molecule is Clc1ccc([C+]2C3CC4CC(C3)CC2C4)cc1. The molecular formula is C16H18Cl+. The fourth-order valence-corrected chi connectivity index (χ4v) is 4.93. The molecule has 1 aromatic rings. The van der Waals surface area contributed by atoms with Crippen LogP contribution in [0.1, 0.15) is 37.7 Å². The van der Waals surface area contributed by atoms with E-state index in [1.165, 1.54) is 37.7 Å². The van der Waals surface area contributed by atoms with Crippen LogP contribution in [-0.4, -0.2) is 0 Å². The van der Waals surface area contributed by atoms with Gasteiger partial charge in [0.1, 0.15) is 5.56 Å². The summed E-state index contributed by atoms with van der Waals surface area (Å²) in [6.45, 7) is 0. The number of hydrogen-bond donors (Lipinski definition) is 0. The van der Waals surface area contributed by atoms with Crippen molar-refractivity contribution in [3.8, 4) is 0 Å². The van der Waals surface area contributed by atoms with Crippen LogP contribution in [0, 0.1) is 29.6 Å². The van der Waals surface area contributed by atoms with Gasteiger partial charge < -0.3 is 0 Å². The van der Waals surface area contributed by atoms with E-state index in [1.807, 2.05) is 0 Å². The highest BCUT2D eigenvalue weighted by molar-refractivity contribution is 6.30. The Labute approximate surface area is 108 Å². The summed E-state index contributed by atoms with van der Waals surface area (Å²) < 4.78 is 0. The molecule has 4 aliphatic carbocycles. The highest BCUT2D eigenvalue weighted by atomic mass is 35.5. The molecule has 0 saturated heterocycles. The Morgan fingerprint density at radius 1 is 0.824 bits per heavy atom. The molecule has 0 spiro atoms. The van der Waals surface area contributed by atoms with Crippen molar-refractivity contribution < 1.29 is 0 Å². The summed E-state index contributed by atoms with van der Waals surface area (Å²) in [5.74, 6) is 5.66. The Balaban J connectivity index is 1.68. The van der Waals surface area contributed by atoms with Gasteiger partial charge in [0.15, 0.2) is 0 Å². The fourth-order valence-electron chi connectivity index (χ4n) is 4.81. The second-order valence-electron chi connectivity index (χ2n) is 6.27. The molecule has 0 radical (unpaired) electrons. The largest absolute Gasteiger partial charge is 0.133 e. The van der Waals surface area contributed by atoms with E-state index in [2.05, 4.69) is 24.3 Å². The third-order valence-corrected chi connectivity index (χ3v) is 5.45. The van der Waals surface area contributed by atoms with Gasteiger partial charge in [0.05, 0.1) is 5.02 Å². The van der Waals surface area contributed by atoms with Crippen LogP contribution in [0.15, 0.2) is 24.3 Å². The first kappa shape index (κ1) is 10.3. The minimum Gasteiger partial charge on any atom is -0.0818 e. The zero-order valence-electron chi connectivity index (χ0n) is 10.0. The van der Waals surface area contributed by atoms with E-state index in [0.717, 1.165) is 28.7 Å². The van der Waals surface area contributed by atoms with Crippen LogP contribution in [-0.2, 0) is 0 Å². The molecule has 0 aromatic heterocycles. The van der Waals surface area contributed by atoms with E-state index >= 15 is 0 Å². The molecule has 5 rings (SSSR count). The maximum Gasteiger partial charge on any atom is 0.133 e. The van der Waals surface area contributed by atoms with Crippen molar-refractivity contribution in [3.63, 3.8) is 0 Å². The maximum absolute atomic E-state index is 5.99. The normalized spacial score (nSPS) is 38.8. The van der Waals surface area contributed by atoms with E-state index in [4.69, 9.17) is 11.6 Å². The summed E-state index contributed by atoms with van der Waals surface area (Å²) in [6, 6.07) is 8.57. The van der Waals surface area contributed by atoms with Crippen LogP contribution in [0.5, 0.6) is 0 Å². The molecular weight excluding hydrogens is 228 g/mol. The van der Waals surface area contributed by atoms with Crippen molar-refractivity contribution in [2.45, 2.75) is 32.1 Å². The minimum atomic E-state index is 0.859. The molecule has 0 unspecified atom stereocenters. The number of rotatable bonds is 1. The topological polar surface area (TPSA) is 0 Å². The standard InChI is InChI=1S/C16H18Cl/c17-15-3-1-12(2-4-15)16-13-6-10-5-11(8-13)9-14(16)7-10/h1-4,10-11,13-14H,5-9H2/q+1. The van der Waals surface area contributed by atoms with Gasteiger partial charge in [0, 0.05) is 42.0 Å². The quantitative estimate of drug-likeness (QED) is 0.628. The minimum absolute atomic E-state index is 0.859. The molecule has 1 heteroatoms. The van der Waals surface area contributed by atoms with Gasteiger partial charge in [-0.05, 0) is 43.9 Å². The molecule has 4 aliphatic rings. The van der Waals surface area contributed by atoms with Gasteiger partial charge in [-0.15, -0.1) is 0 Å². The summed E-state index contributed by atoms with van der Waals surface area (Å²) in [5.41, 5.74) is 1.48. The first-order valence-electron chi connectivity index (χ1n) is 6.92. The van der Waals surface area contributed by atoms with Crippen LogP contribution < -0.4 is 0 Å². The molecule has 0 N–H and O–H groups in total. The van der Waals surface area contributed by atoms with Crippen LogP contribution in [0.3, 0.4) is 0 Å². The van der Waals surface area contributed by atoms with Crippen LogP contribution in [0.25, 0.3) is 0 Å². The third-order valence-electron chi connectivity index (χ3n) is 5.20. The fraction of sp³-hybridized carbons (Fsp3) is 0.562. The van der Waals surface area contributed by atoms with Crippen LogP contribution in [0.2, 0.25) is 5.02 Å². The molecule has 4 bridgehead atoms. The van der Waals surface area contributed by atoms with Gasteiger partial charge in [0.25, 0.3) is 0 Å². The predicted octanol–water partition coefficient (Wildman–Crippen LogP) is 4.72. The molecule has 0 atom stereocenters. The molecule has 1 aromatic carbocycles. The van der Waals surface area contributed by atoms with Crippen molar-refractivity contribution in [2.75, 3.05) is 0 Å². The molecule has 4 fully saturated rings. The molecule has 0 nitrogen and oxygen atoms in total. The second kappa shape index (κ2) is 3.68. The highest BCUT2D eigenvalue weighted by Crippen LogP contribution is 2.59. The summed E-state index contributed by atoms with van der Waals surface area (Å²) >= 11 is 5.99. The Morgan fingerprint density at radius 2 is 1.35 bits per heavy atom. The summed E-state index contributed by atoms with van der Waals surface area (Å²) in [7, 11) is 0. The maximum atomic E-state index is 5.99. The lowest BCUT2D eigenvalue weighted by Gasteiger charge is -2.51. The lowest BCUT2D eigenvalue weighted by molar-refractivity contribution is 0.0481. The first-order chi connectivity index (χ1) is 8.29. The smallest absolute Gasteiger partial charge is 0.0818 e. The van der Waals surface area contributed by atoms with E-state index < -0.39 is 0 Å². The summed E-state index contributed by atoms with van der Waals surface area (Å²) in [4.78, 5) is 0. The molecule has 17 heavy (non-hydrogen) atoms. The van der Waals surface area contributed by atoms with Gasteiger partial charge in [-0.2, -0.15) is 0 Å². The number of halogens is 1. The first-order valence-corrected chi connectivity index (χ1v) is 7.30. The molecule has 0 amide bonds. The predicted molar refractivity (Wildman–Crippen MR) is 70.8 cm³/mol. The van der Waals surface area contributed by atoms with E-state index in [-0.39, 0.29) is 0 Å². The van der Waals surface area contributed by atoms with Crippen molar-refractivity contribution in [3.05, 3.63) is 40.8 Å². The Kier molecular flexibility index (Phi) is 2.24. The average Bonchev–Trinajstić information content (AvgIpc) is 2.30. The lowest BCUT2D eigenvalue weighted by atomic mass is 9.51. The van der Waals surface area contributed by atoms with Crippen LogP contribution in [0.4, 0.5) is 0 Å². The lowest BCUT2D eigenvalue weighted by Crippen LogP contribution is -2.44. The van der Waals surface area contributed by atoms with Crippen molar-refractivity contribution in [1.82, 2.24) is 0 Å². The van der Waals surface area contributed by atoms with Gasteiger partial charge in [0.2, 0.25) is 0 Å². The Morgan fingerprint density at radius 3 is 1.88 bits per heavy atom. The zero-order chi connectivity index (χ0) is 11.4. The third kappa shape index (κ3) is 1.61. The molecule has 88 valence electrons. The highest BCUT2D eigenvalue weighted by Gasteiger charge is 2.52. The second-order valence-corrected chi connectivity index (χ2v) is 6.70. The van der Waals surface area contributed by atoms with E-state index in [1.54, 1.807) is 5.92 Å². The summed E-state index contributed by atoms with van der Waals surface area (Å²) in [6.07, 6.45) is 7.38. The van der Waals surface area contributed by atoms with Crippen molar-refractivity contribution in [2.24, 2.45) is 23.7 Å². The van der Waals surface area contributed by atoms with Crippen LogP contribution >= 0.6 is 11.6 Å². The number of hydrogen-bond acceptors (Lipinski definition) is 0. The van der Waals surface area contributed by atoms with Crippen molar-refractivity contribution in [1.29, 1.82) is 0 Å². The zero-order valence-corrected chi connectivity index (χ0v) is 10.8. The monoisotopic (exact) mass is 245 g/mol. The van der Waals surface area contributed by atoms with Gasteiger partial charge in [-0.1, -0.05) is 11.6 Å². The van der Waals surface area contributed by atoms with E-state index in [9.17, 15) is 0 Å². The molecule has 0 aliphatic heterocycles. The molecule has 4 saturated carbocycles. The Bertz CT molecular complexity index is 392.